The zero-order valence-electron chi connectivity index (χ0n) is 9.67. The smallest absolute Gasteiger partial charge is 0.141 e. The first kappa shape index (κ1) is 13.9. The number of benzene rings is 1. The van der Waals surface area contributed by atoms with Crippen molar-refractivity contribution in [3.8, 4) is 5.69 Å². The van der Waals surface area contributed by atoms with Crippen LogP contribution < -0.4 is 5.73 Å². The zero-order chi connectivity index (χ0) is 13.4. The summed E-state index contributed by atoms with van der Waals surface area (Å²) in [6.45, 7) is 1.89. The Morgan fingerprint density at radius 3 is 2.22 bits per heavy atom. The average Bonchev–Trinajstić information content (AvgIpc) is 2.53. The fraction of sp³-hybridized carbons (Fsp3) is 0.182. The van der Waals surface area contributed by atoms with Crippen LogP contribution in [-0.2, 0) is 0 Å². The van der Waals surface area contributed by atoms with E-state index >= 15 is 0 Å². The van der Waals surface area contributed by atoms with Gasteiger partial charge in [-0.3, -0.25) is 0 Å². The Hall–Kier alpha value is -0.550. The molecule has 0 bridgehead atoms. The fourth-order valence-electron chi connectivity index (χ4n) is 1.69. The van der Waals surface area contributed by atoms with Crippen LogP contribution in [0, 0.1) is 6.92 Å². The number of halogens is 3. The Kier molecular flexibility index (Phi) is 4.02. The third-order valence-electron chi connectivity index (χ3n) is 2.44. The number of anilines is 1. The molecule has 0 aliphatic carbocycles. The maximum Gasteiger partial charge on any atom is 0.141 e. The molecule has 2 aromatic rings. The van der Waals surface area contributed by atoms with Crippen LogP contribution >= 0.6 is 46.6 Å². The highest BCUT2D eigenvalue weighted by Crippen LogP contribution is 2.36. The summed E-state index contributed by atoms with van der Waals surface area (Å²) in [6.07, 6.45) is 1.94. The van der Waals surface area contributed by atoms with Crippen molar-refractivity contribution < 1.29 is 0 Å². The molecule has 0 aliphatic rings. The number of nitrogens with two attached hydrogens (primary N) is 1. The van der Waals surface area contributed by atoms with Gasteiger partial charge >= 0.3 is 0 Å². The van der Waals surface area contributed by atoms with Gasteiger partial charge in [0.05, 0.1) is 20.6 Å². The summed E-state index contributed by atoms with van der Waals surface area (Å²) in [4.78, 5) is 0.914. The first-order valence-electron chi connectivity index (χ1n) is 4.99. The van der Waals surface area contributed by atoms with Gasteiger partial charge in [-0.1, -0.05) is 34.8 Å². The normalized spacial score (nSPS) is 10.9. The van der Waals surface area contributed by atoms with Crippen molar-refractivity contribution in [2.75, 3.05) is 12.0 Å². The van der Waals surface area contributed by atoms with Crippen molar-refractivity contribution in [1.29, 1.82) is 0 Å². The van der Waals surface area contributed by atoms with Crippen LogP contribution in [0.3, 0.4) is 0 Å². The second kappa shape index (κ2) is 5.21. The van der Waals surface area contributed by atoms with Crippen LogP contribution in [0.2, 0.25) is 15.1 Å². The van der Waals surface area contributed by atoms with Crippen LogP contribution in [0.15, 0.2) is 17.0 Å². The highest BCUT2D eigenvalue weighted by Gasteiger charge is 2.17. The SMILES string of the molecule is CSc1c(C)nn(-c2c(Cl)cc(Cl)cc2Cl)c1N. The van der Waals surface area contributed by atoms with E-state index in [0.717, 1.165) is 10.6 Å². The molecule has 0 saturated heterocycles. The standard InChI is InChI=1S/C11H10Cl3N3S/c1-5-10(18-2)11(15)17(16-5)9-7(13)3-6(12)4-8(9)14/h3-4H,15H2,1-2H3. The number of hydrogen-bond donors (Lipinski definition) is 1. The monoisotopic (exact) mass is 321 g/mol. The van der Waals surface area contributed by atoms with E-state index < -0.39 is 0 Å². The van der Waals surface area contributed by atoms with Crippen LogP contribution in [0.1, 0.15) is 5.69 Å². The second-order valence-electron chi connectivity index (χ2n) is 3.63. The van der Waals surface area contributed by atoms with Crippen molar-refractivity contribution >= 4 is 52.4 Å². The lowest BCUT2D eigenvalue weighted by atomic mass is 10.3. The lowest BCUT2D eigenvalue weighted by molar-refractivity contribution is 0.872. The van der Waals surface area contributed by atoms with E-state index in [1.54, 1.807) is 16.8 Å². The summed E-state index contributed by atoms with van der Waals surface area (Å²) in [5, 5.41) is 5.66. The highest BCUT2D eigenvalue weighted by molar-refractivity contribution is 7.98. The topological polar surface area (TPSA) is 43.8 Å². The van der Waals surface area contributed by atoms with Crippen molar-refractivity contribution in [1.82, 2.24) is 9.78 Å². The molecule has 3 nitrogen and oxygen atoms in total. The molecule has 96 valence electrons. The van der Waals surface area contributed by atoms with Crippen LogP contribution in [0.25, 0.3) is 5.69 Å². The number of nitrogens with zero attached hydrogens (tertiary/aromatic N) is 2. The summed E-state index contributed by atoms with van der Waals surface area (Å²) in [5.41, 5.74) is 7.43. The van der Waals surface area contributed by atoms with Gasteiger partial charge in [0, 0.05) is 5.02 Å². The summed E-state index contributed by atoms with van der Waals surface area (Å²) in [6, 6.07) is 3.22. The molecule has 2 rings (SSSR count). The molecule has 7 heteroatoms. The van der Waals surface area contributed by atoms with Crippen LogP contribution in [-0.4, -0.2) is 16.0 Å². The lowest BCUT2D eigenvalue weighted by Crippen LogP contribution is -2.03. The molecule has 18 heavy (non-hydrogen) atoms. The van der Waals surface area contributed by atoms with Gasteiger partial charge in [0.2, 0.25) is 0 Å². The third kappa shape index (κ3) is 2.30. The maximum atomic E-state index is 6.15. The fourth-order valence-corrected chi connectivity index (χ4v) is 3.30. The first-order chi connectivity index (χ1) is 8.45. The van der Waals surface area contributed by atoms with Gasteiger partial charge < -0.3 is 5.73 Å². The minimum Gasteiger partial charge on any atom is -0.383 e. The molecule has 1 aromatic heterocycles. The van der Waals surface area contributed by atoms with Gasteiger partial charge in [0.1, 0.15) is 11.5 Å². The molecule has 2 N–H and O–H groups in total. The van der Waals surface area contributed by atoms with E-state index in [4.69, 9.17) is 40.5 Å². The molecule has 0 atom stereocenters. The van der Waals surface area contributed by atoms with Crippen molar-refractivity contribution in [3.05, 3.63) is 32.9 Å². The van der Waals surface area contributed by atoms with Crippen molar-refractivity contribution in [2.24, 2.45) is 0 Å². The molecule has 0 spiro atoms. The molecule has 0 saturated carbocycles. The van der Waals surface area contributed by atoms with Gasteiger partial charge in [0.15, 0.2) is 0 Å². The van der Waals surface area contributed by atoms with E-state index in [2.05, 4.69) is 5.10 Å². The quantitative estimate of drug-likeness (QED) is 0.831. The maximum absolute atomic E-state index is 6.15. The van der Waals surface area contributed by atoms with Gasteiger partial charge in [-0.05, 0) is 25.3 Å². The number of thioether (sulfide) groups is 1. The summed E-state index contributed by atoms with van der Waals surface area (Å²) >= 11 is 19.7. The second-order valence-corrected chi connectivity index (χ2v) is 5.70. The lowest BCUT2D eigenvalue weighted by Gasteiger charge is -2.09. The molecule has 0 unspecified atom stereocenters. The summed E-state index contributed by atoms with van der Waals surface area (Å²) in [7, 11) is 0. The number of rotatable bonds is 2. The molecular weight excluding hydrogens is 313 g/mol. The predicted molar refractivity (Wildman–Crippen MR) is 79.5 cm³/mol. The van der Waals surface area contributed by atoms with E-state index in [1.807, 2.05) is 13.2 Å². The molecule has 0 aliphatic heterocycles. The van der Waals surface area contributed by atoms with Crippen LogP contribution in [0.5, 0.6) is 0 Å². The van der Waals surface area contributed by atoms with E-state index in [1.165, 1.54) is 11.8 Å². The Balaban J connectivity index is 2.70. The minimum absolute atomic E-state index is 0.411. The highest BCUT2D eigenvalue weighted by atomic mass is 35.5. The van der Waals surface area contributed by atoms with Gasteiger partial charge in [0.25, 0.3) is 0 Å². The number of aromatic nitrogens is 2. The zero-order valence-corrected chi connectivity index (χ0v) is 12.8. The largest absolute Gasteiger partial charge is 0.383 e. The Morgan fingerprint density at radius 1 is 1.22 bits per heavy atom. The predicted octanol–water partition coefficient (Wildman–Crippen LogP) is 4.45. The van der Waals surface area contributed by atoms with E-state index in [9.17, 15) is 0 Å². The van der Waals surface area contributed by atoms with Gasteiger partial charge in [-0.25, -0.2) is 4.68 Å². The van der Waals surface area contributed by atoms with Gasteiger partial charge in [-0.15, -0.1) is 11.8 Å². The molecule has 0 amide bonds. The van der Waals surface area contributed by atoms with Crippen molar-refractivity contribution in [3.63, 3.8) is 0 Å². The Labute approximate surface area is 124 Å². The third-order valence-corrected chi connectivity index (χ3v) is 4.14. The molecule has 0 fully saturated rings. The van der Waals surface area contributed by atoms with E-state index in [0.29, 0.717) is 26.6 Å². The number of aryl methyl sites for hydroxylation is 1. The molecule has 1 heterocycles. The molecular formula is C11H10Cl3N3S. The first-order valence-corrected chi connectivity index (χ1v) is 7.35. The minimum atomic E-state index is 0.411. The number of hydrogen-bond acceptors (Lipinski definition) is 3. The molecule has 0 radical (unpaired) electrons. The van der Waals surface area contributed by atoms with Gasteiger partial charge in [-0.2, -0.15) is 5.10 Å². The average molecular weight is 323 g/mol. The summed E-state index contributed by atoms with van der Waals surface area (Å²) in [5.74, 6) is 0.520. The number of nitrogen functional groups attached to an aromatic ring is 1. The van der Waals surface area contributed by atoms with E-state index in [-0.39, 0.29) is 0 Å². The summed E-state index contributed by atoms with van der Waals surface area (Å²) < 4.78 is 1.54. The van der Waals surface area contributed by atoms with Crippen LogP contribution in [0.4, 0.5) is 5.82 Å². The van der Waals surface area contributed by atoms with Crippen molar-refractivity contribution in [2.45, 2.75) is 11.8 Å². The molecule has 1 aromatic carbocycles. The Morgan fingerprint density at radius 2 is 1.78 bits per heavy atom. The Bertz CT molecular complexity index is 587.